The summed E-state index contributed by atoms with van der Waals surface area (Å²) in [5.41, 5.74) is -2.79. The second-order valence-corrected chi connectivity index (χ2v) is 8.07. The first-order valence-corrected chi connectivity index (χ1v) is 8.32. The smallest absolute Gasteiger partial charge is 0.398 e. The van der Waals surface area contributed by atoms with Crippen LogP contribution in [0.4, 0.5) is 26.3 Å². The van der Waals surface area contributed by atoms with Gasteiger partial charge in [0.1, 0.15) is 0 Å². The Bertz CT molecular complexity index is 461. The van der Waals surface area contributed by atoms with Crippen LogP contribution in [0.25, 0.3) is 0 Å². The van der Waals surface area contributed by atoms with E-state index in [1.165, 1.54) is 14.2 Å². The van der Waals surface area contributed by atoms with Gasteiger partial charge in [0.15, 0.2) is 0 Å². The van der Waals surface area contributed by atoms with E-state index >= 15 is 0 Å². The summed E-state index contributed by atoms with van der Waals surface area (Å²) in [7, 11) is -0.210. The number of alkyl halides is 6. The highest BCUT2D eigenvalue weighted by Gasteiger charge is 2.38. The lowest BCUT2D eigenvalue weighted by molar-refractivity contribution is -0.143. The van der Waals surface area contributed by atoms with Crippen LogP contribution in [0.15, 0.2) is 18.2 Å². The van der Waals surface area contributed by atoms with E-state index in [0.717, 1.165) is 0 Å². The van der Waals surface area contributed by atoms with Gasteiger partial charge in [0, 0.05) is 20.3 Å². The molecule has 0 heterocycles. The molecule has 0 saturated carbocycles. The fraction of sp³-hybridized carbons (Fsp3) is 0.500. The van der Waals surface area contributed by atoms with Crippen LogP contribution >= 0.6 is 0 Å². The van der Waals surface area contributed by atoms with Crippen molar-refractivity contribution < 1.29 is 35.2 Å². The van der Waals surface area contributed by atoms with Crippen LogP contribution in [0, 0.1) is 0 Å². The van der Waals surface area contributed by atoms with Gasteiger partial charge in [-0.15, -0.1) is 0 Å². The van der Waals surface area contributed by atoms with Crippen molar-refractivity contribution in [1.82, 2.24) is 0 Å². The molecule has 1 aromatic carbocycles. The molecule has 0 saturated heterocycles. The molecule has 0 unspecified atom stereocenters. The first-order chi connectivity index (χ1) is 9.41. The molecule has 0 N–H and O–H groups in total. The Morgan fingerprint density at radius 1 is 0.857 bits per heavy atom. The third-order valence-corrected chi connectivity index (χ3v) is 5.81. The minimum absolute atomic E-state index is 0.0992. The second kappa shape index (κ2) is 5.97. The first-order valence-electron chi connectivity index (χ1n) is 5.80. The molecule has 0 amide bonds. The zero-order valence-corrected chi connectivity index (χ0v) is 12.5. The van der Waals surface area contributed by atoms with E-state index in [9.17, 15) is 26.3 Å². The van der Waals surface area contributed by atoms with Crippen LogP contribution in [0.5, 0.6) is 0 Å². The number of hydrogen-bond acceptors (Lipinski definition) is 2. The van der Waals surface area contributed by atoms with Crippen molar-refractivity contribution in [3.05, 3.63) is 34.9 Å². The number of rotatable bonds is 4. The fourth-order valence-electron chi connectivity index (χ4n) is 1.72. The molecule has 2 nitrogen and oxygen atoms in total. The molecule has 1 rings (SSSR count). The second-order valence-electron chi connectivity index (χ2n) is 4.63. The van der Waals surface area contributed by atoms with E-state index in [1.54, 1.807) is 6.55 Å². The molecule has 0 aliphatic rings. The van der Waals surface area contributed by atoms with Crippen LogP contribution in [-0.4, -0.2) is 22.8 Å². The minimum atomic E-state index is -4.85. The van der Waals surface area contributed by atoms with Gasteiger partial charge >= 0.3 is 20.9 Å². The van der Waals surface area contributed by atoms with Gasteiger partial charge < -0.3 is 8.85 Å². The lowest BCUT2D eigenvalue weighted by atomic mass is 10.1. The molecule has 0 atom stereocenters. The Balaban J connectivity index is 3.33. The van der Waals surface area contributed by atoms with Crippen molar-refractivity contribution in [2.45, 2.75) is 24.9 Å². The molecule has 0 aliphatic heterocycles. The summed E-state index contributed by atoms with van der Waals surface area (Å²) in [5.74, 6) is 0. The Morgan fingerprint density at radius 2 is 1.24 bits per heavy atom. The SMILES string of the molecule is CO[Si](C)(Cc1cc(C(F)(F)F)cc(C(F)(F)F)c1)OC. The summed E-state index contributed by atoms with van der Waals surface area (Å²) in [6.07, 6.45) is -9.71. The zero-order valence-electron chi connectivity index (χ0n) is 11.5. The fourth-order valence-corrected chi connectivity index (χ4v) is 3.12. The summed E-state index contributed by atoms with van der Waals surface area (Å²) < 4.78 is 86.5. The summed E-state index contributed by atoms with van der Waals surface area (Å²) >= 11 is 0. The minimum Gasteiger partial charge on any atom is -0.398 e. The van der Waals surface area contributed by atoms with Crippen molar-refractivity contribution in [1.29, 1.82) is 0 Å². The zero-order chi connectivity index (χ0) is 16.5. The molecule has 9 heteroatoms. The molecule has 0 fully saturated rings. The predicted octanol–water partition coefficient (Wildman–Crippen LogP) is 4.17. The van der Waals surface area contributed by atoms with Crippen molar-refractivity contribution >= 4 is 8.56 Å². The van der Waals surface area contributed by atoms with Gasteiger partial charge in [-0.2, -0.15) is 26.3 Å². The van der Waals surface area contributed by atoms with E-state index in [-0.39, 0.29) is 17.7 Å². The average molecular weight is 332 g/mol. The van der Waals surface area contributed by atoms with Gasteiger partial charge in [-0.3, -0.25) is 0 Å². The first kappa shape index (κ1) is 18.0. The number of halogens is 6. The maximum absolute atomic E-state index is 12.7. The lowest BCUT2D eigenvalue weighted by Crippen LogP contribution is -2.39. The van der Waals surface area contributed by atoms with E-state index in [1.807, 2.05) is 0 Å². The van der Waals surface area contributed by atoms with Crippen LogP contribution in [-0.2, 0) is 27.2 Å². The van der Waals surface area contributed by atoms with Gasteiger partial charge in [-0.05, 0) is 30.3 Å². The van der Waals surface area contributed by atoms with Crippen LogP contribution in [0.3, 0.4) is 0 Å². The third kappa shape index (κ3) is 4.72. The molecule has 1 aromatic rings. The van der Waals surface area contributed by atoms with Crippen LogP contribution in [0.1, 0.15) is 16.7 Å². The molecular formula is C12H14F6O2Si. The molecule has 21 heavy (non-hydrogen) atoms. The molecular weight excluding hydrogens is 318 g/mol. The van der Waals surface area contributed by atoms with Crippen molar-refractivity contribution in [2.24, 2.45) is 0 Å². The highest BCUT2D eigenvalue weighted by atomic mass is 28.4. The Hall–Kier alpha value is -1.06. The van der Waals surface area contributed by atoms with Crippen molar-refractivity contribution in [3.63, 3.8) is 0 Å². The normalized spacial score (nSPS) is 13.6. The van der Waals surface area contributed by atoms with Gasteiger partial charge in [0.2, 0.25) is 0 Å². The van der Waals surface area contributed by atoms with E-state index in [4.69, 9.17) is 8.85 Å². The Kier molecular flexibility index (Phi) is 5.12. The van der Waals surface area contributed by atoms with E-state index < -0.39 is 32.0 Å². The van der Waals surface area contributed by atoms with Gasteiger partial charge in [0.05, 0.1) is 11.1 Å². The molecule has 0 spiro atoms. The van der Waals surface area contributed by atoms with Crippen LogP contribution < -0.4 is 0 Å². The third-order valence-electron chi connectivity index (χ3n) is 3.04. The van der Waals surface area contributed by atoms with Gasteiger partial charge in [-0.25, -0.2) is 0 Å². The summed E-state index contributed by atoms with van der Waals surface area (Å²) in [4.78, 5) is 0. The highest BCUT2D eigenvalue weighted by molar-refractivity contribution is 6.65. The van der Waals surface area contributed by atoms with Gasteiger partial charge in [-0.1, -0.05) is 0 Å². The molecule has 120 valence electrons. The standard InChI is InChI=1S/C12H14F6O2Si/c1-19-21(3,20-2)7-8-4-9(11(13,14)15)6-10(5-8)12(16,17)18/h4-6H,7H2,1-3H3. The van der Waals surface area contributed by atoms with Crippen molar-refractivity contribution in [2.75, 3.05) is 14.2 Å². The summed E-state index contributed by atoms with van der Waals surface area (Å²) in [6.45, 7) is 1.56. The predicted molar refractivity (Wildman–Crippen MR) is 65.8 cm³/mol. The summed E-state index contributed by atoms with van der Waals surface area (Å²) in [5, 5.41) is 0. The summed E-state index contributed by atoms with van der Waals surface area (Å²) in [6, 6.07) is 1.37. The highest BCUT2D eigenvalue weighted by Crippen LogP contribution is 2.36. The monoisotopic (exact) mass is 332 g/mol. The van der Waals surface area contributed by atoms with Crippen LogP contribution in [0.2, 0.25) is 6.55 Å². The van der Waals surface area contributed by atoms with E-state index in [0.29, 0.717) is 12.1 Å². The Morgan fingerprint density at radius 3 is 1.52 bits per heavy atom. The maximum atomic E-state index is 12.7. The maximum Gasteiger partial charge on any atom is 0.416 e. The number of benzene rings is 1. The molecule has 0 radical (unpaired) electrons. The quantitative estimate of drug-likeness (QED) is 0.609. The Labute approximate surface area is 118 Å². The van der Waals surface area contributed by atoms with E-state index in [2.05, 4.69) is 0 Å². The lowest BCUT2D eigenvalue weighted by Gasteiger charge is -2.23. The van der Waals surface area contributed by atoms with Gasteiger partial charge in [0.25, 0.3) is 0 Å². The van der Waals surface area contributed by atoms with Crippen molar-refractivity contribution in [3.8, 4) is 0 Å². The number of hydrogen-bond donors (Lipinski definition) is 0. The topological polar surface area (TPSA) is 18.5 Å². The average Bonchev–Trinajstić information content (AvgIpc) is 2.36. The molecule has 0 aromatic heterocycles. The molecule has 0 aliphatic carbocycles. The molecule has 0 bridgehead atoms. The largest absolute Gasteiger partial charge is 0.416 e.